The molecule has 0 aromatic carbocycles. The highest BCUT2D eigenvalue weighted by atomic mass is 16.6. The first-order chi connectivity index (χ1) is 11.0. The third kappa shape index (κ3) is 5.84. The fraction of sp³-hybridized carbons (Fsp3) is 0.688. The van der Waals surface area contributed by atoms with E-state index < -0.39 is 23.1 Å². The molecular weight excluding hydrogens is 314 g/mol. The number of aliphatic hydroxyl groups excluding tert-OH is 1. The van der Waals surface area contributed by atoms with E-state index in [9.17, 15) is 9.59 Å². The van der Waals surface area contributed by atoms with Crippen molar-refractivity contribution in [2.24, 2.45) is 0 Å². The van der Waals surface area contributed by atoms with Crippen molar-refractivity contribution in [1.29, 1.82) is 0 Å². The summed E-state index contributed by atoms with van der Waals surface area (Å²) in [4.78, 5) is 24.0. The molecule has 1 atom stereocenters. The second-order valence-corrected chi connectivity index (χ2v) is 7.09. The average molecular weight is 341 g/mol. The van der Waals surface area contributed by atoms with E-state index in [1.54, 1.807) is 34.6 Å². The summed E-state index contributed by atoms with van der Waals surface area (Å²) in [6, 6.07) is 1.11. The molecule has 0 aliphatic rings. The summed E-state index contributed by atoms with van der Waals surface area (Å²) in [6.45, 7) is 10.4. The van der Waals surface area contributed by atoms with Crippen LogP contribution in [0.1, 0.15) is 64.2 Å². The zero-order valence-corrected chi connectivity index (χ0v) is 15.1. The molecule has 8 heteroatoms. The smallest absolute Gasteiger partial charge is 0.408 e. The molecule has 0 saturated heterocycles. The number of nitrogens with one attached hydrogen (secondary N) is 2. The van der Waals surface area contributed by atoms with Crippen molar-refractivity contribution in [2.45, 2.75) is 65.1 Å². The molecule has 8 nitrogen and oxygen atoms in total. The lowest BCUT2D eigenvalue weighted by Gasteiger charge is -2.26. The van der Waals surface area contributed by atoms with Gasteiger partial charge < -0.3 is 25.0 Å². The lowest BCUT2D eigenvalue weighted by molar-refractivity contribution is 0.0466. The molecule has 0 aliphatic heterocycles. The molecule has 2 amide bonds. The molecule has 1 heterocycles. The van der Waals surface area contributed by atoms with E-state index in [0.29, 0.717) is 12.1 Å². The van der Waals surface area contributed by atoms with E-state index in [4.69, 9.17) is 14.4 Å². The van der Waals surface area contributed by atoms with Gasteiger partial charge in [0, 0.05) is 6.07 Å². The minimum absolute atomic E-state index is 0.0102. The topological polar surface area (TPSA) is 114 Å². The number of hydrogen-bond acceptors (Lipinski definition) is 6. The number of nitrogens with zero attached hydrogens (tertiary/aromatic N) is 1. The maximum absolute atomic E-state index is 12.1. The molecule has 0 aliphatic carbocycles. The Morgan fingerprint density at radius 3 is 2.46 bits per heavy atom. The largest absolute Gasteiger partial charge is 0.444 e. The van der Waals surface area contributed by atoms with Crippen LogP contribution in [0.2, 0.25) is 0 Å². The molecule has 0 spiro atoms. The standard InChI is InChI=1S/C16H27N3O5/c1-7-10(9-20)17-13(21)11-8-12(19-24-11)16(5,6)18-14(22)23-15(2,3)4/h8,10,20H,7,9H2,1-6H3,(H,17,21)(H,18,22)/t10-/m0/s1. The maximum atomic E-state index is 12.1. The predicted octanol–water partition coefficient (Wildman–Crippen LogP) is 1.94. The first-order valence-electron chi connectivity index (χ1n) is 7.88. The van der Waals surface area contributed by atoms with E-state index in [2.05, 4.69) is 15.8 Å². The Morgan fingerprint density at radius 1 is 1.33 bits per heavy atom. The van der Waals surface area contributed by atoms with Gasteiger partial charge in [-0.3, -0.25) is 4.79 Å². The molecule has 136 valence electrons. The Kier molecular flexibility index (Phi) is 6.36. The van der Waals surface area contributed by atoms with Crippen LogP contribution < -0.4 is 10.6 Å². The van der Waals surface area contributed by atoms with Gasteiger partial charge in [0.1, 0.15) is 11.3 Å². The Bertz CT molecular complexity index is 571. The van der Waals surface area contributed by atoms with E-state index in [-0.39, 0.29) is 18.4 Å². The number of carbonyl (C=O) groups excluding carboxylic acids is 2. The molecular formula is C16H27N3O5. The molecule has 1 aromatic rings. The quantitative estimate of drug-likeness (QED) is 0.728. The number of rotatable bonds is 6. The molecule has 0 radical (unpaired) electrons. The Hall–Kier alpha value is -2.09. The zero-order valence-electron chi connectivity index (χ0n) is 15.1. The molecule has 24 heavy (non-hydrogen) atoms. The third-order valence-electron chi connectivity index (χ3n) is 3.24. The summed E-state index contributed by atoms with van der Waals surface area (Å²) < 4.78 is 10.3. The Morgan fingerprint density at radius 2 is 1.96 bits per heavy atom. The molecule has 1 aromatic heterocycles. The van der Waals surface area contributed by atoms with Gasteiger partial charge in [0.15, 0.2) is 0 Å². The molecule has 3 N–H and O–H groups in total. The monoisotopic (exact) mass is 341 g/mol. The highest BCUT2D eigenvalue weighted by molar-refractivity contribution is 5.91. The summed E-state index contributed by atoms with van der Waals surface area (Å²) in [5.74, 6) is -0.460. The minimum atomic E-state index is -0.883. The fourth-order valence-electron chi connectivity index (χ4n) is 1.83. The van der Waals surface area contributed by atoms with Crippen LogP contribution in [0.3, 0.4) is 0 Å². The van der Waals surface area contributed by atoms with Crippen LogP contribution in [0.4, 0.5) is 4.79 Å². The van der Waals surface area contributed by atoms with E-state index in [1.165, 1.54) is 6.07 Å². The summed E-state index contributed by atoms with van der Waals surface area (Å²) in [5.41, 5.74) is -1.12. The van der Waals surface area contributed by atoms with Crippen molar-refractivity contribution in [3.05, 3.63) is 17.5 Å². The van der Waals surface area contributed by atoms with Gasteiger partial charge >= 0.3 is 6.09 Å². The second-order valence-electron chi connectivity index (χ2n) is 7.09. The highest BCUT2D eigenvalue weighted by Gasteiger charge is 2.30. The van der Waals surface area contributed by atoms with Crippen molar-refractivity contribution < 1.29 is 24.0 Å². The minimum Gasteiger partial charge on any atom is -0.444 e. The highest BCUT2D eigenvalue weighted by Crippen LogP contribution is 2.21. The van der Waals surface area contributed by atoms with Gasteiger partial charge in [0.25, 0.3) is 5.91 Å². The molecule has 0 fully saturated rings. The van der Waals surface area contributed by atoms with E-state index >= 15 is 0 Å². The van der Waals surface area contributed by atoms with Gasteiger partial charge in [0.05, 0.1) is 18.2 Å². The average Bonchev–Trinajstić information content (AvgIpc) is 2.92. The normalized spacial score (nSPS) is 13.3. The van der Waals surface area contributed by atoms with Crippen LogP contribution in [-0.2, 0) is 10.3 Å². The first-order valence-corrected chi connectivity index (χ1v) is 7.88. The molecule has 0 unspecified atom stereocenters. The van der Waals surface area contributed by atoms with Gasteiger partial charge in [-0.1, -0.05) is 12.1 Å². The summed E-state index contributed by atoms with van der Waals surface area (Å²) in [5, 5.41) is 18.3. The maximum Gasteiger partial charge on any atom is 0.408 e. The van der Waals surface area contributed by atoms with Gasteiger partial charge in [0.2, 0.25) is 5.76 Å². The van der Waals surface area contributed by atoms with Crippen molar-refractivity contribution >= 4 is 12.0 Å². The van der Waals surface area contributed by atoms with Crippen LogP contribution >= 0.6 is 0 Å². The van der Waals surface area contributed by atoms with Crippen LogP contribution in [0.25, 0.3) is 0 Å². The van der Waals surface area contributed by atoms with Crippen LogP contribution in [-0.4, -0.2) is 40.5 Å². The third-order valence-corrected chi connectivity index (χ3v) is 3.24. The fourth-order valence-corrected chi connectivity index (χ4v) is 1.83. The summed E-state index contributed by atoms with van der Waals surface area (Å²) in [7, 11) is 0. The van der Waals surface area contributed by atoms with Gasteiger partial charge in [-0.2, -0.15) is 0 Å². The Labute approximate surface area is 141 Å². The van der Waals surface area contributed by atoms with Gasteiger partial charge in [-0.05, 0) is 41.0 Å². The lowest BCUT2D eigenvalue weighted by Crippen LogP contribution is -2.44. The number of aliphatic hydroxyl groups is 1. The number of amides is 2. The van der Waals surface area contributed by atoms with Gasteiger partial charge in [-0.15, -0.1) is 0 Å². The molecule has 0 bridgehead atoms. The molecule has 0 saturated carbocycles. The number of carbonyl (C=O) groups is 2. The van der Waals surface area contributed by atoms with Crippen LogP contribution in [0, 0.1) is 0 Å². The number of ether oxygens (including phenoxy) is 1. The van der Waals surface area contributed by atoms with Crippen molar-refractivity contribution in [3.8, 4) is 0 Å². The van der Waals surface area contributed by atoms with Gasteiger partial charge in [-0.25, -0.2) is 4.79 Å². The lowest BCUT2D eigenvalue weighted by atomic mass is 10.0. The number of hydrogen-bond donors (Lipinski definition) is 3. The van der Waals surface area contributed by atoms with E-state index in [0.717, 1.165) is 0 Å². The van der Waals surface area contributed by atoms with Crippen molar-refractivity contribution in [2.75, 3.05) is 6.61 Å². The van der Waals surface area contributed by atoms with Crippen molar-refractivity contribution in [3.63, 3.8) is 0 Å². The summed E-state index contributed by atoms with van der Waals surface area (Å²) in [6.07, 6.45) is 0.00222. The van der Waals surface area contributed by atoms with Crippen molar-refractivity contribution in [1.82, 2.24) is 15.8 Å². The zero-order chi connectivity index (χ0) is 18.5. The number of alkyl carbamates (subject to hydrolysis) is 1. The second kappa shape index (κ2) is 7.65. The number of aromatic nitrogens is 1. The summed E-state index contributed by atoms with van der Waals surface area (Å²) >= 11 is 0. The molecule has 1 rings (SSSR count). The predicted molar refractivity (Wildman–Crippen MR) is 87.5 cm³/mol. The first kappa shape index (κ1) is 20.0. The van der Waals surface area contributed by atoms with Crippen LogP contribution in [0.5, 0.6) is 0 Å². The van der Waals surface area contributed by atoms with Crippen LogP contribution in [0.15, 0.2) is 10.6 Å². The SMILES string of the molecule is CC[C@@H](CO)NC(=O)c1cc(C(C)(C)NC(=O)OC(C)(C)C)no1. The Balaban J connectivity index is 2.79. The van der Waals surface area contributed by atoms with E-state index in [1.807, 2.05) is 6.92 Å².